The van der Waals surface area contributed by atoms with Gasteiger partial charge in [0.15, 0.2) is 5.84 Å². The molecule has 1 heterocycles. The maximum Gasteiger partial charge on any atom is 0.346 e. The predicted molar refractivity (Wildman–Crippen MR) is 51.0 cm³/mol. The SMILES string of the molecule is N=C(NOC(=O)CCl)c1ccncc1. The van der Waals surface area contributed by atoms with Crippen LogP contribution in [0.1, 0.15) is 5.56 Å². The van der Waals surface area contributed by atoms with E-state index in [9.17, 15) is 4.79 Å². The van der Waals surface area contributed by atoms with Crippen LogP contribution in [0.15, 0.2) is 24.5 Å². The topological polar surface area (TPSA) is 75.1 Å². The second-order valence-electron chi connectivity index (χ2n) is 2.32. The van der Waals surface area contributed by atoms with E-state index in [1.807, 2.05) is 0 Å². The van der Waals surface area contributed by atoms with Crippen LogP contribution in [-0.2, 0) is 9.63 Å². The molecule has 2 N–H and O–H groups in total. The van der Waals surface area contributed by atoms with Gasteiger partial charge in [-0.1, -0.05) is 0 Å². The van der Waals surface area contributed by atoms with Crippen molar-refractivity contribution in [3.63, 3.8) is 0 Å². The average Bonchev–Trinajstić information content (AvgIpc) is 2.26. The van der Waals surface area contributed by atoms with E-state index in [1.54, 1.807) is 12.1 Å². The van der Waals surface area contributed by atoms with E-state index in [0.29, 0.717) is 5.56 Å². The van der Waals surface area contributed by atoms with Crippen LogP contribution in [0.4, 0.5) is 0 Å². The first-order valence-electron chi connectivity index (χ1n) is 3.74. The number of alkyl halides is 1. The summed E-state index contributed by atoms with van der Waals surface area (Å²) >= 11 is 5.19. The van der Waals surface area contributed by atoms with Crippen molar-refractivity contribution in [3.05, 3.63) is 30.1 Å². The van der Waals surface area contributed by atoms with Crippen molar-refractivity contribution < 1.29 is 9.63 Å². The Hall–Kier alpha value is -1.62. The molecule has 0 aliphatic rings. The molecule has 0 aromatic carbocycles. The zero-order chi connectivity index (χ0) is 10.4. The maximum absolute atomic E-state index is 10.6. The van der Waals surface area contributed by atoms with Crippen molar-refractivity contribution in [3.8, 4) is 0 Å². The lowest BCUT2D eigenvalue weighted by Gasteiger charge is -2.05. The summed E-state index contributed by atoms with van der Waals surface area (Å²) in [5, 5.41) is 7.44. The molecule has 0 radical (unpaired) electrons. The zero-order valence-corrected chi connectivity index (χ0v) is 7.91. The molecule has 0 fully saturated rings. The number of nitrogens with zero attached hydrogens (tertiary/aromatic N) is 1. The van der Waals surface area contributed by atoms with Gasteiger partial charge in [0, 0.05) is 18.0 Å². The smallest absolute Gasteiger partial charge is 0.341 e. The molecule has 0 bridgehead atoms. The lowest BCUT2D eigenvalue weighted by Crippen LogP contribution is -2.27. The lowest BCUT2D eigenvalue weighted by molar-refractivity contribution is -0.144. The first kappa shape index (κ1) is 10.5. The van der Waals surface area contributed by atoms with Gasteiger partial charge >= 0.3 is 5.97 Å². The fraction of sp³-hybridized carbons (Fsp3) is 0.125. The summed E-state index contributed by atoms with van der Waals surface area (Å²) in [5.74, 6) is -0.910. The van der Waals surface area contributed by atoms with Crippen molar-refractivity contribution in [2.24, 2.45) is 0 Å². The maximum atomic E-state index is 10.6. The Balaban J connectivity index is 2.48. The Kier molecular flexibility index (Phi) is 3.87. The van der Waals surface area contributed by atoms with E-state index in [2.05, 4.69) is 15.3 Å². The third-order valence-electron chi connectivity index (χ3n) is 1.35. The number of pyridine rings is 1. The molecule has 14 heavy (non-hydrogen) atoms. The number of carbonyl (C=O) groups is 1. The molecule has 74 valence electrons. The molecule has 1 aromatic heterocycles. The van der Waals surface area contributed by atoms with Crippen molar-refractivity contribution in [1.82, 2.24) is 10.5 Å². The molecule has 0 aliphatic carbocycles. The highest BCUT2D eigenvalue weighted by atomic mass is 35.5. The predicted octanol–water partition coefficient (Wildman–Crippen LogP) is 0.694. The van der Waals surface area contributed by atoms with E-state index in [0.717, 1.165) is 0 Å². The number of aromatic nitrogens is 1. The van der Waals surface area contributed by atoms with Gasteiger partial charge in [0.25, 0.3) is 0 Å². The van der Waals surface area contributed by atoms with Gasteiger partial charge in [-0.2, -0.15) is 0 Å². The lowest BCUT2D eigenvalue weighted by atomic mass is 10.2. The van der Waals surface area contributed by atoms with Crippen molar-refractivity contribution in [2.75, 3.05) is 5.88 Å². The van der Waals surface area contributed by atoms with Crippen LogP contribution >= 0.6 is 11.6 Å². The Morgan fingerprint density at radius 1 is 1.57 bits per heavy atom. The van der Waals surface area contributed by atoms with E-state index in [1.165, 1.54) is 12.4 Å². The summed E-state index contributed by atoms with van der Waals surface area (Å²) in [7, 11) is 0. The van der Waals surface area contributed by atoms with Gasteiger partial charge in [0.2, 0.25) is 0 Å². The summed E-state index contributed by atoms with van der Waals surface area (Å²) in [6.45, 7) is 0. The van der Waals surface area contributed by atoms with E-state index in [-0.39, 0.29) is 11.7 Å². The van der Waals surface area contributed by atoms with Gasteiger partial charge in [-0.3, -0.25) is 10.4 Å². The molecule has 0 spiro atoms. The number of hydroxylamine groups is 1. The van der Waals surface area contributed by atoms with Crippen LogP contribution in [0.3, 0.4) is 0 Å². The Morgan fingerprint density at radius 2 is 2.21 bits per heavy atom. The van der Waals surface area contributed by atoms with Crippen LogP contribution in [0.2, 0.25) is 0 Å². The number of halogens is 1. The fourth-order valence-electron chi connectivity index (χ4n) is 0.713. The number of nitrogens with one attached hydrogen (secondary N) is 2. The monoisotopic (exact) mass is 213 g/mol. The molecule has 0 saturated carbocycles. The minimum Gasteiger partial charge on any atom is -0.341 e. The highest BCUT2D eigenvalue weighted by Crippen LogP contribution is 1.95. The standard InChI is InChI=1S/C8H8ClN3O2/c9-5-7(13)14-12-8(10)6-1-3-11-4-2-6/h1-4H,5H2,(H2,10,12). The highest BCUT2D eigenvalue weighted by Gasteiger charge is 2.03. The molecule has 1 aromatic rings. The number of hydrogen-bond acceptors (Lipinski definition) is 4. The van der Waals surface area contributed by atoms with E-state index >= 15 is 0 Å². The average molecular weight is 214 g/mol. The first-order valence-corrected chi connectivity index (χ1v) is 4.28. The van der Waals surface area contributed by atoms with Gasteiger partial charge < -0.3 is 4.84 Å². The molecular weight excluding hydrogens is 206 g/mol. The van der Waals surface area contributed by atoms with Gasteiger partial charge in [0.05, 0.1) is 0 Å². The molecule has 0 saturated heterocycles. The molecule has 5 nitrogen and oxygen atoms in total. The largest absolute Gasteiger partial charge is 0.346 e. The minimum atomic E-state index is -0.634. The molecule has 0 amide bonds. The third kappa shape index (κ3) is 3.02. The van der Waals surface area contributed by atoms with Crippen molar-refractivity contribution >= 4 is 23.4 Å². The second kappa shape index (κ2) is 5.18. The summed E-state index contributed by atoms with van der Waals surface area (Å²) in [6.07, 6.45) is 3.07. The quantitative estimate of drug-likeness (QED) is 0.328. The van der Waals surface area contributed by atoms with Gasteiger partial charge in [-0.05, 0) is 12.1 Å². The minimum absolute atomic E-state index is 0.0223. The second-order valence-corrected chi connectivity index (χ2v) is 2.59. The van der Waals surface area contributed by atoms with Gasteiger partial charge in [-0.25, -0.2) is 10.3 Å². The summed E-state index contributed by atoms with van der Waals surface area (Å²) in [4.78, 5) is 18.8. The van der Waals surface area contributed by atoms with Crippen molar-refractivity contribution in [1.29, 1.82) is 5.41 Å². The highest BCUT2D eigenvalue weighted by molar-refractivity contribution is 6.26. The molecule has 0 atom stereocenters. The number of carbonyl (C=O) groups excluding carboxylic acids is 1. The van der Waals surface area contributed by atoms with Crippen LogP contribution in [0.25, 0.3) is 0 Å². The summed E-state index contributed by atoms with van der Waals surface area (Å²) < 4.78 is 0. The fourth-order valence-corrected chi connectivity index (χ4v) is 0.767. The number of rotatable bonds is 2. The summed E-state index contributed by atoms with van der Waals surface area (Å²) in [5.41, 5.74) is 2.74. The van der Waals surface area contributed by atoms with Crippen LogP contribution in [-0.4, -0.2) is 22.7 Å². The van der Waals surface area contributed by atoms with Crippen molar-refractivity contribution in [2.45, 2.75) is 0 Å². The Morgan fingerprint density at radius 3 is 2.79 bits per heavy atom. The van der Waals surface area contributed by atoms with Gasteiger partial charge in [0.1, 0.15) is 5.88 Å². The van der Waals surface area contributed by atoms with Gasteiger partial charge in [-0.15, -0.1) is 11.6 Å². The Labute approximate surface area is 85.5 Å². The number of hydrogen-bond donors (Lipinski definition) is 2. The van der Waals surface area contributed by atoms with E-state index < -0.39 is 5.97 Å². The summed E-state index contributed by atoms with van der Waals surface area (Å²) in [6, 6.07) is 3.23. The Bertz CT molecular complexity index is 329. The third-order valence-corrected chi connectivity index (χ3v) is 1.56. The molecule has 1 rings (SSSR count). The van der Waals surface area contributed by atoms with Crippen LogP contribution in [0, 0.1) is 5.41 Å². The van der Waals surface area contributed by atoms with E-state index in [4.69, 9.17) is 17.0 Å². The number of amidine groups is 1. The van der Waals surface area contributed by atoms with Crippen LogP contribution in [0.5, 0.6) is 0 Å². The zero-order valence-electron chi connectivity index (χ0n) is 7.16. The first-order chi connectivity index (χ1) is 6.74. The molecule has 6 heteroatoms. The molecule has 0 unspecified atom stereocenters. The normalized spacial score (nSPS) is 9.21. The molecular formula is C8H8ClN3O2. The molecule has 0 aliphatic heterocycles. The van der Waals surface area contributed by atoms with Crippen LogP contribution < -0.4 is 5.48 Å².